The van der Waals surface area contributed by atoms with Gasteiger partial charge in [0.25, 0.3) is 0 Å². The molecule has 1 saturated carbocycles. The minimum atomic E-state index is -0.128. The van der Waals surface area contributed by atoms with Crippen LogP contribution in [0.15, 0.2) is 0 Å². The Bertz CT molecular complexity index is 419. The van der Waals surface area contributed by atoms with E-state index >= 15 is 0 Å². The molecule has 0 radical (unpaired) electrons. The van der Waals surface area contributed by atoms with E-state index in [-0.39, 0.29) is 23.8 Å². The van der Waals surface area contributed by atoms with Crippen molar-refractivity contribution < 1.29 is 19.1 Å². The normalized spacial score (nSPS) is 19.6. The molecular formula is C24H44O4. The molecule has 4 heteroatoms. The van der Waals surface area contributed by atoms with Gasteiger partial charge in [0.2, 0.25) is 0 Å². The van der Waals surface area contributed by atoms with Crippen molar-refractivity contribution in [3.63, 3.8) is 0 Å². The maximum Gasteiger partial charge on any atom is 0.308 e. The third kappa shape index (κ3) is 11.7. The fourth-order valence-corrected chi connectivity index (χ4v) is 3.91. The Kier molecular flexibility index (Phi) is 14.1. The maximum absolute atomic E-state index is 12.3. The number of esters is 2. The van der Waals surface area contributed by atoms with Gasteiger partial charge in [-0.1, -0.05) is 78.6 Å². The third-order valence-corrected chi connectivity index (χ3v) is 5.75. The molecule has 1 aliphatic rings. The number of rotatable bonds is 15. The highest BCUT2D eigenvalue weighted by Gasteiger charge is 2.32. The average Bonchev–Trinajstić information content (AvgIpc) is 2.69. The molecule has 0 amide bonds. The molecule has 0 N–H and O–H groups in total. The van der Waals surface area contributed by atoms with Gasteiger partial charge in [0.1, 0.15) is 0 Å². The van der Waals surface area contributed by atoms with E-state index in [1.165, 1.54) is 38.5 Å². The van der Waals surface area contributed by atoms with E-state index in [1.807, 2.05) is 0 Å². The summed E-state index contributed by atoms with van der Waals surface area (Å²) in [7, 11) is 0. The highest BCUT2D eigenvalue weighted by molar-refractivity contribution is 5.76. The van der Waals surface area contributed by atoms with E-state index in [4.69, 9.17) is 9.47 Å². The molecule has 0 spiro atoms. The molecule has 0 bridgehead atoms. The molecule has 2 unspecified atom stereocenters. The monoisotopic (exact) mass is 396 g/mol. The lowest BCUT2D eigenvalue weighted by Crippen LogP contribution is -2.30. The van der Waals surface area contributed by atoms with Crippen molar-refractivity contribution in [1.82, 2.24) is 0 Å². The lowest BCUT2D eigenvalue weighted by atomic mass is 9.81. The fraction of sp³-hybridized carbons (Fsp3) is 0.917. The van der Waals surface area contributed by atoms with Crippen molar-refractivity contribution in [3.05, 3.63) is 0 Å². The number of hydrogen-bond acceptors (Lipinski definition) is 4. The predicted octanol–water partition coefficient (Wildman–Crippen LogP) is 6.46. The fourth-order valence-electron chi connectivity index (χ4n) is 3.91. The zero-order valence-corrected chi connectivity index (χ0v) is 18.7. The Morgan fingerprint density at radius 3 is 1.79 bits per heavy atom. The molecule has 0 aliphatic heterocycles. The van der Waals surface area contributed by atoms with Gasteiger partial charge in [0.15, 0.2) is 0 Å². The Balaban J connectivity index is 2.14. The summed E-state index contributed by atoms with van der Waals surface area (Å²) in [6, 6.07) is 0. The van der Waals surface area contributed by atoms with E-state index < -0.39 is 0 Å². The molecule has 0 aromatic rings. The van der Waals surface area contributed by atoms with Crippen LogP contribution in [0.1, 0.15) is 111 Å². The molecule has 0 aromatic heterocycles. The molecule has 0 saturated heterocycles. The summed E-state index contributed by atoms with van der Waals surface area (Å²) in [6.45, 7) is 7.73. The third-order valence-electron chi connectivity index (χ3n) is 5.75. The van der Waals surface area contributed by atoms with Gasteiger partial charge < -0.3 is 9.47 Å². The van der Waals surface area contributed by atoms with E-state index in [0.717, 1.165) is 50.9 Å². The Morgan fingerprint density at radius 1 is 0.786 bits per heavy atom. The second kappa shape index (κ2) is 15.8. The number of ether oxygens (including phenoxy) is 2. The maximum atomic E-state index is 12.3. The molecule has 2 atom stereocenters. The molecule has 0 aromatic carbocycles. The van der Waals surface area contributed by atoms with Crippen LogP contribution < -0.4 is 0 Å². The van der Waals surface area contributed by atoms with E-state index in [0.29, 0.717) is 19.6 Å². The molecule has 1 rings (SSSR count). The molecular weight excluding hydrogens is 352 g/mol. The van der Waals surface area contributed by atoms with Crippen LogP contribution in [0, 0.1) is 17.8 Å². The highest BCUT2D eigenvalue weighted by atomic mass is 16.5. The van der Waals surface area contributed by atoms with E-state index in [9.17, 15) is 9.59 Å². The van der Waals surface area contributed by atoms with Crippen LogP contribution in [0.25, 0.3) is 0 Å². The summed E-state index contributed by atoms with van der Waals surface area (Å²) in [5, 5.41) is 0. The van der Waals surface area contributed by atoms with E-state index in [1.54, 1.807) is 0 Å². The lowest BCUT2D eigenvalue weighted by molar-refractivity contribution is -0.155. The summed E-state index contributed by atoms with van der Waals surface area (Å²) in [5.41, 5.74) is 0. The first-order chi connectivity index (χ1) is 13.5. The van der Waals surface area contributed by atoms with E-state index in [2.05, 4.69) is 20.8 Å². The number of hydrogen-bond donors (Lipinski definition) is 0. The van der Waals surface area contributed by atoms with Crippen molar-refractivity contribution >= 4 is 11.9 Å². The Labute approximate surface area is 173 Å². The minimum Gasteiger partial charge on any atom is -0.465 e. The van der Waals surface area contributed by atoms with Crippen molar-refractivity contribution in [2.24, 2.45) is 17.8 Å². The summed E-state index contributed by atoms with van der Waals surface area (Å²) in [5.74, 6) is 0.289. The van der Waals surface area contributed by atoms with Crippen LogP contribution in [0.4, 0.5) is 0 Å². The Morgan fingerprint density at radius 2 is 1.29 bits per heavy atom. The minimum absolute atomic E-state index is 0.112. The lowest BCUT2D eigenvalue weighted by Gasteiger charge is -2.26. The Hall–Kier alpha value is -1.06. The molecule has 0 heterocycles. The number of carbonyl (C=O) groups is 2. The van der Waals surface area contributed by atoms with Crippen LogP contribution in [-0.2, 0) is 19.1 Å². The van der Waals surface area contributed by atoms with Gasteiger partial charge in [-0.2, -0.15) is 0 Å². The topological polar surface area (TPSA) is 52.6 Å². The first kappa shape index (κ1) is 25.0. The molecule has 28 heavy (non-hydrogen) atoms. The van der Waals surface area contributed by atoms with Gasteiger partial charge in [-0.05, 0) is 38.0 Å². The molecule has 4 nitrogen and oxygen atoms in total. The van der Waals surface area contributed by atoms with Crippen LogP contribution in [0.2, 0.25) is 0 Å². The zero-order valence-electron chi connectivity index (χ0n) is 18.7. The first-order valence-corrected chi connectivity index (χ1v) is 11.9. The second-order valence-electron chi connectivity index (χ2n) is 8.91. The average molecular weight is 397 g/mol. The first-order valence-electron chi connectivity index (χ1n) is 11.9. The number of carbonyl (C=O) groups excluding carboxylic acids is 2. The van der Waals surface area contributed by atoms with Crippen molar-refractivity contribution in [3.8, 4) is 0 Å². The second-order valence-corrected chi connectivity index (χ2v) is 8.91. The summed E-state index contributed by atoms with van der Waals surface area (Å²) < 4.78 is 10.9. The summed E-state index contributed by atoms with van der Waals surface area (Å²) in [6.07, 6.45) is 14.8. The van der Waals surface area contributed by atoms with Crippen molar-refractivity contribution in [1.29, 1.82) is 0 Å². The van der Waals surface area contributed by atoms with Crippen molar-refractivity contribution in [2.45, 2.75) is 111 Å². The number of unbranched alkanes of at least 4 members (excludes halogenated alkanes) is 7. The summed E-state index contributed by atoms with van der Waals surface area (Å²) >= 11 is 0. The van der Waals surface area contributed by atoms with Gasteiger partial charge in [-0.3, -0.25) is 9.59 Å². The highest BCUT2D eigenvalue weighted by Crippen LogP contribution is 2.31. The van der Waals surface area contributed by atoms with Crippen molar-refractivity contribution in [2.75, 3.05) is 13.2 Å². The van der Waals surface area contributed by atoms with Crippen LogP contribution >= 0.6 is 0 Å². The predicted molar refractivity (Wildman–Crippen MR) is 114 cm³/mol. The molecule has 1 fully saturated rings. The van der Waals surface area contributed by atoms with Gasteiger partial charge in [-0.25, -0.2) is 0 Å². The zero-order chi connectivity index (χ0) is 20.6. The van der Waals surface area contributed by atoms with Gasteiger partial charge >= 0.3 is 11.9 Å². The van der Waals surface area contributed by atoms with Crippen LogP contribution in [0.5, 0.6) is 0 Å². The summed E-state index contributed by atoms with van der Waals surface area (Å²) in [4.78, 5) is 24.6. The SMILES string of the molecule is CCCCCCCOC(=O)C1CCCC(C(=O)OCCCCCCC(C)C)C1. The van der Waals surface area contributed by atoms with Crippen LogP contribution in [-0.4, -0.2) is 25.2 Å². The molecule has 164 valence electrons. The van der Waals surface area contributed by atoms with Crippen LogP contribution in [0.3, 0.4) is 0 Å². The van der Waals surface area contributed by atoms with Gasteiger partial charge in [0.05, 0.1) is 25.0 Å². The van der Waals surface area contributed by atoms with Gasteiger partial charge in [0, 0.05) is 0 Å². The smallest absolute Gasteiger partial charge is 0.308 e. The van der Waals surface area contributed by atoms with Gasteiger partial charge in [-0.15, -0.1) is 0 Å². The molecule has 1 aliphatic carbocycles. The standard InChI is InChI=1S/C24H44O4/c1-4-5-6-8-11-17-27-23(25)21-15-13-16-22(19-21)24(26)28-18-12-9-7-10-14-20(2)3/h20-22H,4-19H2,1-3H3. The largest absolute Gasteiger partial charge is 0.465 e. The quantitative estimate of drug-likeness (QED) is 0.235.